The molecule has 1 aliphatic rings. The number of carbonyl (C=O) groups is 2. The molecule has 21 heavy (non-hydrogen) atoms. The minimum atomic E-state index is -1.21. The van der Waals surface area contributed by atoms with Crippen molar-refractivity contribution in [3.8, 4) is 0 Å². The lowest BCUT2D eigenvalue weighted by Crippen LogP contribution is -2.56. The number of aryl methyl sites for hydroxylation is 1. The number of carbonyl (C=O) groups excluding carboxylic acids is 1. The molecule has 1 saturated carbocycles. The van der Waals surface area contributed by atoms with E-state index in [1.54, 1.807) is 6.92 Å². The zero-order chi connectivity index (χ0) is 15.6. The van der Waals surface area contributed by atoms with Gasteiger partial charge in [0, 0.05) is 11.6 Å². The van der Waals surface area contributed by atoms with Crippen LogP contribution in [0, 0.1) is 12.8 Å². The summed E-state index contributed by atoms with van der Waals surface area (Å²) in [7, 11) is 0. The molecule has 0 bridgehead atoms. The maximum Gasteiger partial charge on any atom is 0.329 e. The van der Waals surface area contributed by atoms with Gasteiger partial charge in [0.2, 0.25) is 0 Å². The molecular formula is C15H19ClN2O3. The Kier molecular flexibility index (Phi) is 4.42. The molecule has 2 rings (SSSR count). The highest BCUT2D eigenvalue weighted by Gasteiger charge is 2.48. The van der Waals surface area contributed by atoms with Crippen LogP contribution in [0.15, 0.2) is 18.2 Å². The Balaban J connectivity index is 1.94. The summed E-state index contributed by atoms with van der Waals surface area (Å²) < 4.78 is 0. The quantitative estimate of drug-likeness (QED) is 0.782. The Bertz CT molecular complexity index is 572. The highest BCUT2D eigenvalue weighted by atomic mass is 35.5. The van der Waals surface area contributed by atoms with Crippen molar-refractivity contribution >= 4 is 23.6 Å². The average molecular weight is 311 g/mol. The second kappa shape index (κ2) is 5.93. The molecule has 1 aromatic rings. The van der Waals surface area contributed by atoms with Crippen LogP contribution in [0.25, 0.3) is 0 Å². The first-order chi connectivity index (χ1) is 9.83. The van der Waals surface area contributed by atoms with Gasteiger partial charge in [0.1, 0.15) is 5.54 Å². The Morgan fingerprint density at radius 2 is 2.10 bits per heavy atom. The van der Waals surface area contributed by atoms with Crippen molar-refractivity contribution in [1.82, 2.24) is 10.6 Å². The Morgan fingerprint density at radius 3 is 2.62 bits per heavy atom. The fraction of sp³-hybridized carbons (Fsp3) is 0.467. The van der Waals surface area contributed by atoms with Crippen molar-refractivity contribution in [1.29, 1.82) is 0 Å². The minimum absolute atomic E-state index is 0.00344. The number of hydrogen-bond acceptors (Lipinski definition) is 2. The van der Waals surface area contributed by atoms with Crippen molar-refractivity contribution in [2.75, 3.05) is 0 Å². The van der Waals surface area contributed by atoms with Crippen molar-refractivity contribution in [2.45, 2.75) is 38.8 Å². The van der Waals surface area contributed by atoms with E-state index < -0.39 is 17.5 Å². The first-order valence-electron chi connectivity index (χ1n) is 6.87. The van der Waals surface area contributed by atoms with Crippen LogP contribution in [-0.4, -0.2) is 22.6 Å². The highest BCUT2D eigenvalue weighted by Crippen LogP contribution is 2.39. The molecule has 5 nitrogen and oxygen atoms in total. The van der Waals surface area contributed by atoms with Crippen LogP contribution < -0.4 is 10.6 Å². The molecule has 1 fully saturated rings. The normalized spacial score (nSPS) is 16.9. The predicted molar refractivity (Wildman–Crippen MR) is 80.3 cm³/mol. The lowest BCUT2D eigenvalue weighted by molar-refractivity contribution is -0.144. The number of nitrogens with one attached hydrogen (secondary N) is 2. The molecule has 1 unspecified atom stereocenters. The molecule has 1 atom stereocenters. The van der Waals surface area contributed by atoms with Gasteiger partial charge in [0.15, 0.2) is 0 Å². The molecule has 1 aromatic carbocycles. The first-order valence-corrected chi connectivity index (χ1v) is 7.25. The summed E-state index contributed by atoms with van der Waals surface area (Å²) in [6, 6.07) is 5.08. The third-order valence-corrected chi connectivity index (χ3v) is 4.21. The number of aliphatic carboxylic acids is 1. The van der Waals surface area contributed by atoms with Crippen LogP contribution in [0.1, 0.15) is 30.9 Å². The topological polar surface area (TPSA) is 78.4 Å². The summed E-state index contributed by atoms with van der Waals surface area (Å²) in [5.41, 5.74) is 0.627. The molecule has 0 aliphatic heterocycles. The molecule has 0 aromatic heterocycles. The fourth-order valence-corrected chi connectivity index (χ4v) is 2.54. The molecule has 0 spiro atoms. The number of carboxylic acids is 1. The Morgan fingerprint density at radius 1 is 1.43 bits per heavy atom. The van der Waals surface area contributed by atoms with E-state index in [4.69, 9.17) is 11.6 Å². The predicted octanol–water partition coefficient (Wildman–Crippen LogP) is 2.70. The number of urea groups is 1. The summed E-state index contributed by atoms with van der Waals surface area (Å²) in [4.78, 5) is 23.3. The summed E-state index contributed by atoms with van der Waals surface area (Å²) in [5, 5.41) is 15.1. The molecule has 2 amide bonds. The smallest absolute Gasteiger partial charge is 0.329 e. The maximum atomic E-state index is 11.9. The lowest BCUT2D eigenvalue weighted by Gasteiger charge is -2.26. The molecule has 114 valence electrons. The van der Waals surface area contributed by atoms with Gasteiger partial charge in [-0.2, -0.15) is 0 Å². The fourth-order valence-electron chi connectivity index (χ4n) is 2.24. The standard InChI is InChI=1S/C15H19ClN2O3/c1-9-3-4-10(12(16)7-9)8-17-14(21)18-15(2,13(19)20)11-5-6-11/h3-4,7,11H,5-6,8H2,1-2H3,(H,19,20)(H2,17,18,21). The number of amides is 2. The van der Waals surface area contributed by atoms with Gasteiger partial charge in [-0.15, -0.1) is 0 Å². The van der Waals surface area contributed by atoms with Gasteiger partial charge >= 0.3 is 12.0 Å². The SMILES string of the molecule is Cc1ccc(CNC(=O)NC(C)(C(=O)O)C2CC2)c(Cl)c1. The van der Waals surface area contributed by atoms with E-state index >= 15 is 0 Å². The summed E-state index contributed by atoms with van der Waals surface area (Å²) in [6.45, 7) is 3.74. The first kappa shape index (κ1) is 15.6. The van der Waals surface area contributed by atoms with E-state index in [-0.39, 0.29) is 12.5 Å². The van der Waals surface area contributed by atoms with Crippen LogP contribution in [0.5, 0.6) is 0 Å². The lowest BCUT2D eigenvalue weighted by atomic mass is 9.96. The number of rotatable bonds is 5. The highest BCUT2D eigenvalue weighted by molar-refractivity contribution is 6.31. The van der Waals surface area contributed by atoms with Crippen molar-refractivity contribution in [3.63, 3.8) is 0 Å². The van der Waals surface area contributed by atoms with Crippen LogP contribution in [-0.2, 0) is 11.3 Å². The second-order valence-electron chi connectivity index (χ2n) is 5.68. The Hall–Kier alpha value is -1.75. The van der Waals surface area contributed by atoms with Gasteiger partial charge in [-0.1, -0.05) is 23.7 Å². The molecule has 0 saturated heterocycles. The maximum absolute atomic E-state index is 11.9. The minimum Gasteiger partial charge on any atom is -0.480 e. The largest absolute Gasteiger partial charge is 0.480 e. The van der Waals surface area contributed by atoms with Gasteiger partial charge < -0.3 is 15.7 Å². The molecule has 0 heterocycles. The van der Waals surface area contributed by atoms with E-state index in [1.807, 2.05) is 25.1 Å². The van der Waals surface area contributed by atoms with E-state index in [0.717, 1.165) is 24.0 Å². The summed E-state index contributed by atoms with van der Waals surface area (Å²) >= 11 is 6.09. The zero-order valence-electron chi connectivity index (χ0n) is 12.1. The van der Waals surface area contributed by atoms with E-state index in [1.165, 1.54) is 0 Å². The molecule has 6 heteroatoms. The van der Waals surface area contributed by atoms with Crippen molar-refractivity contribution in [2.24, 2.45) is 5.92 Å². The van der Waals surface area contributed by atoms with Crippen LogP contribution in [0.3, 0.4) is 0 Å². The number of benzene rings is 1. The summed E-state index contributed by atoms with van der Waals surface area (Å²) in [5.74, 6) is -1.00. The average Bonchev–Trinajstić information content (AvgIpc) is 3.21. The molecule has 0 radical (unpaired) electrons. The summed E-state index contributed by atoms with van der Waals surface area (Å²) in [6.07, 6.45) is 1.65. The Labute approximate surface area is 128 Å². The number of halogens is 1. The molecule has 3 N–H and O–H groups in total. The van der Waals surface area contributed by atoms with E-state index in [0.29, 0.717) is 5.02 Å². The number of hydrogen-bond donors (Lipinski definition) is 3. The van der Waals surface area contributed by atoms with Gasteiger partial charge in [0.05, 0.1) is 0 Å². The second-order valence-corrected chi connectivity index (χ2v) is 6.09. The van der Waals surface area contributed by atoms with Crippen LogP contribution >= 0.6 is 11.6 Å². The van der Waals surface area contributed by atoms with Gasteiger partial charge in [-0.25, -0.2) is 9.59 Å². The van der Waals surface area contributed by atoms with Gasteiger partial charge in [-0.05, 0) is 49.8 Å². The van der Waals surface area contributed by atoms with Crippen molar-refractivity contribution in [3.05, 3.63) is 34.3 Å². The van der Waals surface area contributed by atoms with E-state index in [9.17, 15) is 14.7 Å². The third-order valence-electron chi connectivity index (χ3n) is 3.86. The van der Waals surface area contributed by atoms with Gasteiger partial charge in [0.25, 0.3) is 0 Å². The third kappa shape index (κ3) is 3.67. The van der Waals surface area contributed by atoms with Crippen LogP contribution in [0.2, 0.25) is 5.02 Å². The zero-order valence-corrected chi connectivity index (χ0v) is 12.8. The molecular weight excluding hydrogens is 292 g/mol. The number of carboxylic acid groups (broad SMARTS) is 1. The van der Waals surface area contributed by atoms with E-state index in [2.05, 4.69) is 10.6 Å². The van der Waals surface area contributed by atoms with Gasteiger partial charge in [-0.3, -0.25) is 0 Å². The molecule has 1 aliphatic carbocycles. The van der Waals surface area contributed by atoms with Crippen molar-refractivity contribution < 1.29 is 14.7 Å². The van der Waals surface area contributed by atoms with Crippen LogP contribution in [0.4, 0.5) is 4.79 Å². The monoisotopic (exact) mass is 310 g/mol.